The van der Waals surface area contributed by atoms with E-state index in [2.05, 4.69) is 42.3 Å². The van der Waals surface area contributed by atoms with Crippen LogP contribution in [0.15, 0.2) is 30.5 Å². The van der Waals surface area contributed by atoms with Crippen LogP contribution >= 0.6 is 22.9 Å². The van der Waals surface area contributed by atoms with Gasteiger partial charge in [-0.3, -0.25) is 13.9 Å². The highest BCUT2D eigenvalue weighted by Crippen LogP contribution is 2.28. The molecule has 1 saturated heterocycles. The molecular weight excluding hydrogens is 554 g/mol. The summed E-state index contributed by atoms with van der Waals surface area (Å²) in [6.07, 6.45) is 6.30. The minimum absolute atomic E-state index is 0.262. The van der Waals surface area contributed by atoms with Crippen molar-refractivity contribution >= 4 is 61.2 Å². The van der Waals surface area contributed by atoms with Crippen molar-refractivity contribution in [3.63, 3.8) is 0 Å². The molecule has 1 aromatic carbocycles. The molecule has 1 unspecified atom stereocenters. The molecule has 3 heterocycles. The summed E-state index contributed by atoms with van der Waals surface area (Å²) in [6, 6.07) is 7.42. The van der Waals surface area contributed by atoms with Crippen molar-refractivity contribution in [1.82, 2.24) is 19.9 Å². The van der Waals surface area contributed by atoms with Crippen LogP contribution in [0.1, 0.15) is 34.4 Å². The molecule has 9 nitrogen and oxygen atoms in total. The predicted octanol–water partition coefficient (Wildman–Crippen LogP) is 4.62. The highest BCUT2D eigenvalue weighted by atomic mass is 35.5. The average molecular weight is 592 g/mol. The monoisotopic (exact) mass is 591 g/mol. The molecule has 1 amide bonds. The number of para-hydroxylation sites is 1. The van der Waals surface area contributed by atoms with Crippen molar-refractivity contribution in [1.29, 1.82) is 0 Å². The highest BCUT2D eigenvalue weighted by Gasteiger charge is 2.21. The van der Waals surface area contributed by atoms with Crippen LogP contribution in [0.25, 0.3) is 0 Å². The first-order valence-electron chi connectivity index (χ1n) is 13.1. The second-order valence-corrected chi connectivity index (χ2v) is 15.7. The van der Waals surface area contributed by atoms with E-state index in [1.807, 2.05) is 44.6 Å². The first-order valence-corrected chi connectivity index (χ1v) is 17.1. The third-order valence-electron chi connectivity index (χ3n) is 6.68. The van der Waals surface area contributed by atoms with Crippen molar-refractivity contribution in [2.24, 2.45) is 5.92 Å². The number of benzene rings is 1. The Kier molecular flexibility index (Phi) is 9.58. The normalized spacial score (nSPS) is 15.7. The highest BCUT2D eigenvalue weighted by molar-refractivity contribution is 8.01. The van der Waals surface area contributed by atoms with E-state index < -0.39 is 9.93 Å². The summed E-state index contributed by atoms with van der Waals surface area (Å²) in [7, 11) is -1.96. The molecule has 39 heavy (non-hydrogen) atoms. The summed E-state index contributed by atoms with van der Waals surface area (Å²) in [5.74, 6) is 3.26. The Morgan fingerprint density at radius 1 is 1.18 bits per heavy atom. The molecular formula is C27H38ClN7O2S2. The zero-order chi connectivity index (χ0) is 28.2. The van der Waals surface area contributed by atoms with Crippen LogP contribution in [0.4, 0.5) is 22.5 Å². The van der Waals surface area contributed by atoms with Crippen LogP contribution in [0, 0.1) is 19.8 Å². The third kappa shape index (κ3) is 8.44. The van der Waals surface area contributed by atoms with Crippen LogP contribution < -0.4 is 15.5 Å². The van der Waals surface area contributed by atoms with Gasteiger partial charge in [0.2, 0.25) is 0 Å². The van der Waals surface area contributed by atoms with Crippen molar-refractivity contribution in [2.75, 3.05) is 66.5 Å². The Balaban J connectivity index is 1.34. The van der Waals surface area contributed by atoms with Crippen molar-refractivity contribution in [3.05, 3.63) is 51.7 Å². The number of thiol groups is 1. The number of carbonyl (C=O) groups is 1. The second-order valence-electron chi connectivity index (χ2n) is 10.7. The average Bonchev–Trinajstić information content (AvgIpc) is 3.33. The lowest BCUT2D eigenvalue weighted by Crippen LogP contribution is -2.48. The lowest BCUT2D eigenvalue weighted by atomic mass is 10.1. The molecule has 0 radical (unpaired) electrons. The molecule has 4 rings (SSSR count). The van der Waals surface area contributed by atoms with Crippen molar-refractivity contribution in [2.45, 2.75) is 27.2 Å². The molecule has 1 atom stereocenters. The number of halogens is 1. The Hall–Kier alpha value is -2.60. The van der Waals surface area contributed by atoms with Crippen molar-refractivity contribution < 1.29 is 9.00 Å². The lowest BCUT2D eigenvalue weighted by Gasteiger charge is -2.36. The smallest absolute Gasteiger partial charge is 0.267 e. The minimum atomic E-state index is -1.96. The van der Waals surface area contributed by atoms with Gasteiger partial charge >= 0.3 is 0 Å². The summed E-state index contributed by atoms with van der Waals surface area (Å²) >= 11 is 7.51. The van der Waals surface area contributed by atoms with E-state index in [1.165, 1.54) is 11.3 Å². The van der Waals surface area contributed by atoms with Crippen LogP contribution in [0.5, 0.6) is 0 Å². The maximum Gasteiger partial charge on any atom is 0.267 e. The Morgan fingerprint density at radius 2 is 1.92 bits per heavy atom. The molecule has 1 aliphatic heterocycles. The standard InChI is InChI=1S/C27H38ClN7O2S2/c1-18(9-14-39(4,5)37)17-34-10-12-35(13-11-34)24-15-23(30-20(3)31-24)32-27-29-16-22(38-27)26(36)33-25-19(2)7-6-8-21(25)28/h6-8,15-16,18,39H,9-14,17H2,1-5H3,(H,33,36)(H,29,30,31,32). The summed E-state index contributed by atoms with van der Waals surface area (Å²) in [5, 5.41) is 7.19. The van der Waals surface area contributed by atoms with E-state index in [1.54, 1.807) is 12.3 Å². The van der Waals surface area contributed by atoms with Crippen LogP contribution in [0.2, 0.25) is 5.02 Å². The van der Waals surface area contributed by atoms with Gasteiger partial charge in [-0.05, 0) is 50.3 Å². The molecule has 3 aromatic rings. The largest absolute Gasteiger partial charge is 0.354 e. The molecule has 0 bridgehead atoms. The SMILES string of the molecule is Cc1nc(Nc2ncc(C(=O)Nc3c(C)cccc3Cl)s2)cc(N2CCN(CC(C)CC[SH](C)(C)=O)CC2)n1. The number of nitrogens with one attached hydrogen (secondary N) is 2. The molecule has 2 N–H and O–H groups in total. The number of hydrogen-bond acceptors (Lipinski definition) is 9. The number of rotatable bonds is 10. The van der Waals surface area contributed by atoms with Gasteiger partial charge in [-0.2, -0.15) is 0 Å². The van der Waals surface area contributed by atoms with Gasteiger partial charge < -0.3 is 15.5 Å². The number of aromatic nitrogens is 3. The van der Waals surface area contributed by atoms with Gasteiger partial charge in [0.25, 0.3) is 5.91 Å². The quantitative estimate of drug-likeness (QED) is 0.293. The summed E-state index contributed by atoms with van der Waals surface area (Å²) < 4.78 is 12.0. The lowest BCUT2D eigenvalue weighted by molar-refractivity contribution is 0.103. The Labute approximate surface area is 240 Å². The molecule has 0 aliphatic carbocycles. The van der Waals surface area contributed by atoms with Gasteiger partial charge in [0.15, 0.2) is 5.13 Å². The van der Waals surface area contributed by atoms with Gasteiger partial charge in [-0.15, -0.1) is 9.93 Å². The number of piperazine rings is 1. The summed E-state index contributed by atoms with van der Waals surface area (Å²) in [5.41, 5.74) is 1.49. The number of anilines is 4. The summed E-state index contributed by atoms with van der Waals surface area (Å²) in [4.78, 5) is 31.6. The number of carbonyl (C=O) groups excluding carboxylic acids is 1. The minimum Gasteiger partial charge on any atom is -0.354 e. The number of thiazole rings is 1. The molecule has 212 valence electrons. The third-order valence-corrected chi connectivity index (χ3v) is 9.24. The van der Waals surface area contributed by atoms with Gasteiger partial charge in [-0.1, -0.05) is 42.0 Å². The topological polar surface area (TPSA) is 103 Å². The maximum absolute atomic E-state index is 12.8. The first kappa shape index (κ1) is 29.4. The van der Waals surface area contributed by atoms with Crippen LogP contribution in [0.3, 0.4) is 0 Å². The fourth-order valence-corrected chi connectivity index (χ4v) is 6.56. The first-order chi connectivity index (χ1) is 18.5. The van der Waals surface area contributed by atoms with Gasteiger partial charge in [0, 0.05) is 44.5 Å². The van der Waals surface area contributed by atoms with E-state index in [-0.39, 0.29) is 5.91 Å². The molecule has 0 spiro atoms. The molecule has 12 heteroatoms. The number of aryl methyl sites for hydroxylation is 2. The van der Waals surface area contributed by atoms with E-state index in [4.69, 9.17) is 11.6 Å². The number of hydrogen-bond donors (Lipinski definition) is 3. The van der Waals surface area contributed by atoms with Crippen LogP contribution in [-0.2, 0) is 9.93 Å². The van der Waals surface area contributed by atoms with E-state index in [0.29, 0.717) is 38.3 Å². The zero-order valence-electron chi connectivity index (χ0n) is 23.2. The van der Waals surface area contributed by atoms with Gasteiger partial charge in [0.05, 0.1) is 16.9 Å². The van der Waals surface area contributed by atoms with Gasteiger partial charge in [0.1, 0.15) is 22.3 Å². The van der Waals surface area contributed by atoms with Crippen LogP contribution in [-0.4, -0.2) is 81.0 Å². The predicted molar refractivity (Wildman–Crippen MR) is 165 cm³/mol. The fourth-order valence-electron chi connectivity index (χ4n) is 4.51. The van der Waals surface area contributed by atoms with Crippen molar-refractivity contribution in [3.8, 4) is 0 Å². The zero-order valence-corrected chi connectivity index (χ0v) is 25.7. The van der Waals surface area contributed by atoms with E-state index in [0.717, 1.165) is 56.3 Å². The van der Waals surface area contributed by atoms with Gasteiger partial charge in [-0.25, -0.2) is 15.0 Å². The molecule has 1 fully saturated rings. The molecule has 2 aromatic heterocycles. The molecule has 0 saturated carbocycles. The fraction of sp³-hybridized carbons (Fsp3) is 0.481. The van der Waals surface area contributed by atoms with E-state index >= 15 is 0 Å². The Bertz CT molecular complexity index is 1330. The number of nitrogens with zero attached hydrogens (tertiary/aromatic N) is 5. The second kappa shape index (κ2) is 12.7. The maximum atomic E-state index is 12.8. The number of amides is 1. The van der Waals surface area contributed by atoms with E-state index in [9.17, 15) is 9.00 Å². The molecule has 1 aliphatic rings. The Morgan fingerprint density at radius 3 is 2.62 bits per heavy atom. The summed E-state index contributed by atoms with van der Waals surface area (Å²) in [6.45, 7) is 10.7.